The van der Waals surface area contributed by atoms with Crippen LogP contribution in [-0.2, 0) is 22.7 Å². The van der Waals surface area contributed by atoms with Gasteiger partial charge in [0.25, 0.3) is 11.8 Å². The molecular formula is C70H72CaF2N4O14. The summed E-state index contributed by atoms with van der Waals surface area (Å²) in [7, 11) is 6.10. The number of carbonyl (C=O) groups is 4. The third kappa shape index (κ3) is 17.3. The Kier molecular flexibility index (Phi) is 24.0. The first-order chi connectivity index (χ1) is 43.4. The molecule has 2 aliphatic rings. The Morgan fingerprint density at radius 2 is 0.846 bits per heavy atom. The first-order valence-corrected chi connectivity index (χ1v) is 29.7. The second kappa shape index (κ2) is 31.8. The third-order valence-corrected chi connectivity index (χ3v) is 15.9. The summed E-state index contributed by atoms with van der Waals surface area (Å²) in [4.78, 5) is 50.7. The van der Waals surface area contributed by atoms with Crippen molar-refractivity contribution in [3.8, 4) is 67.8 Å². The second-order valence-corrected chi connectivity index (χ2v) is 22.4. The number of aliphatic hydroxyl groups is 4. The van der Waals surface area contributed by atoms with Crippen LogP contribution in [0.2, 0.25) is 0 Å². The van der Waals surface area contributed by atoms with Gasteiger partial charge in [-0.05, 0) is 146 Å². The standard InChI is InChI=1S/2C35H37FN2O7.Ca/c2*1-44-27-14-15-28(29(20-27)45-2)37-35(43)32-31(21-6-4-3-5-7-21)33(23-10-12-24(36)13-11-23)38(34(32)22-8-9-22)17-16-25(39)18-26(40)19-30(41)42;/h2*3-7,10-15,20,22,25-26,39-40H,8-9,16-19H2,1-2H3,(H,37,43)(H,41,42);/q;;+2/p-2/t2*25-,26-;/m11./s1. The average molecular weight is 1270 g/mol. The van der Waals surface area contributed by atoms with Gasteiger partial charge in [0.1, 0.15) is 34.6 Å². The summed E-state index contributed by atoms with van der Waals surface area (Å²) in [5.74, 6) is -2.17. The van der Waals surface area contributed by atoms with Gasteiger partial charge in [-0.25, -0.2) is 8.78 Å². The minimum Gasteiger partial charge on any atom is -0.550 e. The number of carbonyl (C=O) groups excluding carboxylic acids is 4. The number of aliphatic carboxylic acids is 2. The Bertz CT molecular complexity index is 3550. The maximum Gasteiger partial charge on any atom is 2.00 e. The normalized spacial score (nSPS) is 13.9. The molecule has 0 spiro atoms. The van der Waals surface area contributed by atoms with E-state index in [0.717, 1.165) is 48.2 Å². The Balaban J connectivity index is 0.000000232. The van der Waals surface area contributed by atoms with Gasteiger partial charge in [0.2, 0.25) is 0 Å². The number of nitrogens with one attached hydrogen (secondary N) is 2. The molecule has 2 fully saturated rings. The van der Waals surface area contributed by atoms with E-state index in [1.54, 1.807) is 74.9 Å². The molecule has 2 aromatic heterocycles. The van der Waals surface area contributed by atoms with Crippen molar-refractivity contribution >= 4 is 72.9 Å². The van der Waals surface area contributed by atoms with Crippen LogP contribution in [0.4, 0.5) is 20.2 Å². The number of methoxy groups -OCH3 is 4. The van der Waals surface area contributed by atoms with E-state index in [-0.39, 0.29) is 100 Å². The Labute approximate surface area is 556 Å². The number of carboxylic acid groups (broad SMARTS) is 2. The molecule has 2 saturated carbocycles. The summed E-state index contributed by atoms with van der Waals surface area (Å²) in [6, 6.07) is 41.3. The quantitative estimate of drug-likeness (QED) is 0.0250. The van der Waals surface area contributed by atoms with Crippen LogP contribution >= 0.6 is 0 Å². The largest absolute Gasteiger partial charge is 2.00 e. The van der Waals surface area contributed by atoms with Crippen molar-refractivity contribution in [2.75, 3.05) is 39.1 Å². The molecule has 472 valence electrons. The van der Waals surface area contributed by atoms with Crippen LogP contribution in [0, 0.1) is 11.6 Å². The Hall–Kier alpha value is -8.08. The van der Waals surface area contributed by atoms with E-state index in [4.69, 9.17) is 18.9 Å². The fourth-order valence-corrected chi connectivity index (χ4v) is 11.5. The second-order valence-electron chi connectivity index (χ2n) is 22.4. The third-order valence-electron chi connectivity index (χ3n) is 15.9. The van der Waals surface area contributed by atoms with Gasteiger partial charge in [-0.1, -0.05) is 60.7 Å². The van der Waals surface area contributed by atoms with Crippen LogP contribution < -0.4 is 39.8 Å². The zero-order chi connectivity index (χ0) is 64.2. The number of benzene rings is 6. The fraction of sp³-hybridized carbons (Fsp3) is 0.314. The van der Waals surface area contributed by atoms with Crippen LogP contribution in [0.1, 0.15) is 108 Å². The van der Waals surface area contributed by atoms with E-state index in [1.807, 2.05) is 69.8 Å². The maximum atomic E-state index is 14.4. The van der Waals surface area contributed by atoms with E-state index in [0.29, 0.717) is 79.1 Å². The molecule has 2 amide bonds. The Morgan fingerprint density at radius 3 is 1.15 bits per heavy atom. The summed E-state index contributed by atoms with van der Waals surface area (Å²) in [5.41, 5.74) is 9.09. The van der Waals surface area contributed by atoms with Gasteiger partial charge in [-0.15, -0.1) is 0 Å². The van der Waals surface area contributed by atoms with Crippen LogP contribution in [-0.4, -0.2) is 144 Å². The van der Waals surface area contributed by atoms with Crippen molar-refractivity contribution in [3.63, 3.8) is 0 Å². The molecule has 0 bridgehead atoms. The molecule has 18 nitrogen and oxygen atoms in total. The van der Waals surface area contributed by atoms with Gasteiger partial charge in [-0.3, -0.25) is 9.59 Å². The average Bonchev–Trinajstić information content (AvgIpc) is 1.59. The number of aromatic nitrogens is 2. The molecule has 0 radical (unpaired) electrons. The number of anilines is 2. The molecule has 0 saturated heterocycles. The van der Waals surface area contributed by atoms with Crippen molar-refractivity contribution in [2.24, 2.45) is 0 Å². The topological polar surface area (TPSA) is 266 Å². The number of hydrogen-bond donors (Lipinski definition) is 6. The summed E-state index contributed by atoms with van der Waals surface area (Å²) >= 11 is 0. The summed E-state index contributed by atoms with van der Waals surface area (Å²) in [6.45, 7) is 0.521. The van der Waals surface area contributed by atoms with Crippen molar-refractivity contribution in [2.45, 2.75) is 114 Å². The van der Waals surface area contributed by atoms with Gasteiger partial charge in [-0.2, -0.15) is 0 Å². The summed E-state index contributed by atoms with van der Waals surface area (Å²) in [6.07, 6.45) is -2.19. The number of ether oxygens (including phenoxy) is 4. The molecular weight excluding hydrogens is 1200 g/mol. The number of amides is 2. The fourth-order valence-electron chi connectivity index (χ4n) is 11.5. The van der Waals surface area contributed by atoms with Crippen LogP contribution in [0.5, 0.6) is 23.0 Å². The van der Waals surface area contributed by atoms with E-state index < -0.39 is 60.8 Å². The molecule has 2 heterocycles. The van der Waals surface area contributed by atoms with Gasteiger partial charge in [0.05, 0.1) is 86.7 Å². The smallest absolute Gasteiger partial charge is 0.550 e. The molecule has 8 aromatic rings. The summed E-state index contributed by atoms with van der Waals surface area (Å²) < 4.78 is 54.0. The molecule has 6 N–H and O–H groups in total. The minimum atomic E-state index is -1.40. The first kappa shape index (κ1) is 68.8. The minimum absolute atomic E-state index is 0. The van der Waals surface area contributed by atoms with Crippen LogP contribution in [0.3, 0.4) is 0 Å². The van der Waals surface area contributed by atoms with Gasteiger partial charge in [0, 0.05) is 84.4 Å². The van der Waals surface area contributed by atoms with E-state index in [9.17, 15) is 58.6 Å². The number of carboxylic acids is 2. The van der Waals surface area contributed by atoms with Gasteiger partial charge < -0.3 is 78.9 Å². The van der Waals surface area contributed by atoms with E-state index in [1.165, 1.54) is 38.5 Å². The Morgan fingerprint density at radius 1 is 0.495 bits per heavy atom. The van der Waals surface area contributed by atoms with Crippen LogP contribution in [0.15, 0.2) is 146 Å². The molecule has 4 atom stereocenters. The van der Waals surface area contributed by atoms with E-state index in [2.05, 4.69) is 10.6 Å². The molecule has 91 heavy (non-hydrogen) atoms. The predicted molar refractivity (Wildman–Crippen MR) is 337 cm³/mol. The number of nitrogens with zero attached hydrogens (tertiary/aromatic N) is 2. The molecule has 21 heteroatoms. The first-order valence-electron chi connectivity index (χ1n) is 29.7. The number of hydrogen-bond acceptors (Lipinski definition) is 14. The molecule has 0 aliphatic heterocycles. The van der Waals surface area contributed by atoms with Crippen molar-refractivity contribution in [1.29, 1.82) is 0 Å². The zero-order valence-electron chi connectivity index (χ0n) is 51.0. The zero-order valence-corrected chi connectivity index (χ0v) is 53.2. The molecule has 6 aromatic carbocycles. The maximum absolute atomic E-state index is 14.4. The van der Waals surface area contributed by atoms with Gasteiger partial charge in [0.15, 0.2) is 0 Å². The SMILES string of the molecule is COc1ccc(NC(=O)c2c(-c3ccccc3)c(-c3ccc(F)cc3)n(CC[C@@H](O)C[C@@H](O)CC(=O)[O-])c2C2CC2)c(OC)c1.COc1ccc(NC(=O)c2c(-c3ccccc3)c(-c3ccc(F)cc3)n(CC[C@@H](O)C[C@@H](O)CC(=O)[O-])c2C2CC2)c(OC)c1.[Ca+2]. The van der Waals surface area contributed by atoms with Gasteiger partial charge >= 0.3 is 37.7 Å². The van der Waals surface area contributed by atoms with Crippen molar-refractivity contribution < 1.29 is 77.5 Å². The number of aliphatic hydroxyl groups excluding tert-OH is 4. The number of rotatable bonds is 28. The molecule has 2 aliphatic carbocycles. The van der Waals surface area contributed by atoms with Crippen molar-refractivity contribution in [1.82, 2.24) is 9.13 Å². The summed E-state index contributed by atoms with van der Waals surface area (Å²) in [5, 5.41) is 69.7. The molecule has 0 unspecified atom stereocenters. The van der Waals surface area contributed by atoms with E-state index >= 15 is 0 Å². The predicted octanol–water partition coefficient (Wildman–Crippen LogP) is 9.12. The van der Waals surface area contributed by atoms with Crippen molar-refractivity contribution in [3.05, 3.63) is 180 Å². The molecule has 10 rings (SSSR count). The number of halogens is 2. The van der Waals surface area contributed by atoms with Crippen LogP contribution in [0.25, 0.3) is 44.8 Å². The monoisotopic (exact) mass is 1270 g/mol.